The van der Waals surface area contributed by atoms with Gasteiger partial charge in [0.15, 0.2) is 0 Å². The molecular weight excluding hydrogens is 310 g/mol. The van der Waals surface area contributed by atoms with Gasteiger partial charge in [0.1, 0.15) is 5.82 Å². The Kier molecular flexibility index (Phi) is 3.31. The Hall–Kier alpha value is -1.20. The van der Waals surface area contributed by atoms with E-state index < -0.39 is 11.4 Å². The van der Waals surface area contributed by atoms with Crippen LogP contribution in [0.5, 0.6) is 0 Å². The highest BCUT2D eigenvalue weighted by molar-refractivity contribution is 9.10. The number of H-pyrrole nitrogens is 1. The fourth-order valence-corrected chi connectivity index (χ4v) is 1.95. The first-order valence-corrected chi connectivity index (χ1v) is 5.88. The maximum atomic E-state index is 13.2. The minimum Gasteiger partial charge on any atom is -0.304 e. The van der Waals surface area contributed by atoms with Crippen molar-refractivity contribution in [3.05, 3.63) is 49.6 Å². The molecule has 2 aromatic rings. The van der Waals surface area contributed by atoms with Crippen molar-refractivity contribution >= 4 is 27.5 Å². The van der Waals surface area contributed by atoms with Crippen LogP contribution < -0.4 is 5.56 Å². The molecule has 1 heterocycles. The Bertz CT molecular complexity index is 642. The first-order chi connectivity index (χ1) is 7.99. The fourth-order valence-electron chi connectivity index (χ4n) is 1.38. The normalized spacial score (nSPS) is 10.6. The number of nitrogens with zero attached hydrogens (tertiary/aromatic N) is 1. The summed E-state index contributed by atoms with van der Waals surface area (Å²) in [4.78, 5) is 17.6. The summed E-state index contributed by atoms with van der Waals surface area (Å²) < 4.78 is 14.0. The van der Waals surface area contributed by atoms with Crippen LogP contribution in [0, 0.1) is 12.7 Å². The molecule has 0 saturated heterocycles. The van der Waals surface area contributed by atoms with Crippen LogP contribution in [0.2, 0.25) is 5.02 Å². The zero-order valence-electron chi connectivity index (χ0n) is 8.72. The highest BCUT2D eigenvalue weighted by Gasteiger charge is 2.11. The second kappa shape index (κ2) is 4.58. The summed E-state index contributed by atoms with van der Waals surface area (Å²) in [5, 5.41) is 0.433. The third kappa shape index (κ3) is 2.40. The molecule has 0 aliphatic carbocycles. The third-order valence-electron chi connectivity index (χ3n) is 2.21. The van der Waals surface area contributed by atoms with Crippen LogP contribution in [-0.2, 0) is 0 Å². The molecule has 0 amide bonds. The van der Waals surface area contributed by atoms with Gasteiger partial charge in [-0.15, -0.1) is 0 Å². The van der Waals surface area contributed by atoms with E-state index in [4.69, 9.17) is 11.6 Å². The van der Waals surface area contributed by atoms with E-state index in [1.165, 1.54) is 6.92 Å². The van der Waals surface area contributed by atoms with Gasteiger partial charge in [-0.1, -0.05) is 27.5 Å². The van der Waals surface area contributed by atoms with Gasteiger partial charge in [-0.05, 0) is 25.1 Å². The van der Waals surface area contributed by atoms with E-state index in [1.807, 2.05) is 0 Å². The number of rotatable bonds is 1. The molecule has 0 atom stereocenters. The highest BCUT2D eigenvalue weighted by Crippen LogP contribution is 2.28. The van der Waals surface area contributed by atoms with Crippen molar-refractivity contribution in [3.63, 3.8) is 0 Å². The summed E-state index contributed by atoms with van der Waals surface area (Å²) in [5.74, 6) is -0.625. The molecule has 3 nitrogen and oxygen atoms in total. The highest BCUT2D eigenvalue weighted by atomic mass is 79.9. The number of hydrogen-bond acceptors (Lipinski definition) is 2. The molecule has 0 unspecified atom stereocenters. The smallest absolute Gasteiger partial charge is 0.287 e. The third-order valence-corrected chi connectivity index (χ3v) is 3.03. The summed E-state index contributed by atoms with van der Waals surface area (Å²) in [7, 11) is 0. The number of benzene rings is 1. The maximum absolute atomic E-state index is 13.2. The molecule has 6 heteroatoms. The summed E-state index contributed by atoms with van der Waals surface area (Å²) >= 11 is 9.29. The van der Waals surface area contributed by atoms with Gasteiger partial charge in [-0.3, -0.25) is 4.79 Å². The molecule has 17 heavy (non-hydrogen) atoms. The Balaban J connectivity index is 2.69. The van der Waals surface area contributed by atoms with E-state index in [0.29, 0.717) is 10.6 Å². The number of aromatic nitrogens is 2. The standard InChI is InChI=1S/C11H7BrClFN2O/c1-5-9(14)11(17)16-10(15-5)7-4-6(12)2-3-8(7)13/h2-4H,1H3,(H,15,16,17). The van der Waals surface area contributed by atoms with Gasteiger partial charge in [0.25, 0.3) is 5.56 Å². The summed E-state index contributed by atoms with van der Waals surface area (Å²) in [5.41, 5.74) is -0.218. The SMILES string of the molecule is Cc1nc(-c2cc(Br)ccc2Cl)[nH]c(=O)c1F. The monoisotopic (exact) mass is 316 g/mol. The fraction of sp³-hybridized carbons (Fsp3) is 0.0909. The molecular formula is C11H7BrClFN2O. The molecule has 88 valence electrons. The lowest BCUT2D eigenvalue weighted by Crippen LogP contribution is -2.15. The van der Waals surface area contributed by atoms with E-state index in [2.05, 4.69) is 25.9 Å². The van der Waals surface area contributed by atoms with Crippen molar-refractivity contribution in [1.29, 1.82) is 0 Å². The van der Waals surface area contributed by atoms with Crippen molar-refractivity contribution in [2.24, 2.45) is 0 Å². The van der Waals surface area contributed by atoms with Crippen molar-refractivity contribution < 1.29 is 4.39 Å². The van der Waals surface area contributed by atoms with Crippen LogP contribution in [0.3, 0.4) is 0 Å². The van der Waals surface area contributed by atoms with Gasteiger partial charge < -0.3 is 4.98 Å². The van der Waals surface area contributed by atoms with Gasteiger partial charge in [0.05, 0.1) is 10.7 Å². The summed E-state index contributed by atoms with van der Waals surface area (Å²) in [6.45, 7) is 1.43. The van der Waals surface area contributed by atoms with Gasteiger partial charge in [0, 0.05) is 10.0 Å². The Labute approximate surface area is 110 Å². The molecule has 1 aromatic carbocycles. The molecule has 1 N–H and O–H groups in total. The second-order valence-electron chi connectivity index (χ2n) is 3.44. The molecule has 0 aliphatic rings. The topological polar surface area (TPSA) is 45.8 Å². The molecule has 0 fully saturated rings. The zero-order chi connectivity index (χ0) is 12.6. The van der Waals surface area contributed by atoms with Crippen molar-refractivity contribution in [2.75, 3.05) is 0 Å². The average molecular weight is 318 g/mol. The lowest BCUT2D eigenvalue weighted by molar-refractivity contribution is 0.589. The largest absolute Gasteiger partial charge is 0.304 e. The van der Waals surface area contributed by atoms with Crippen LogP contribution >= 0.6 is 27.5 Å². The first-order valence-electron chi connectivity index (χ1n) is 4.71. The maximum Gasteiger partial charge on any atom is 0.287 e. The molecule has 0 bridgehead atoms. The van der Waals surface area contributed by atoms with E-state index in [9.17, 15) is 9.18 Å². The van der Waals surface area contributed by atoms with Crippen LogP contribution in [0.15, 0.2) is 27.5 Å². The predicted molar refractivity (Wildman–Crippen MR) is 67.7 cm³/mol. The molecule has 0 saturated carbocycles. The number of halogens is 3. The van der Waals surface area contributed by atoms with E-state index in [1.54, 1.807) is 18.2 Å². The number of aryl methyl sites for hydroxylation is 1. The van der Waals surface area contributed by atoms with Crippen LogP contribution in [0.25, 0.3) is 11.4 Å². The molecule has 0 spiro atoms. The summed E-state index contributed by atoms with van der Waals surface area (Å²) in [6.07, 6.45) is 0. The minimum absolute atomic E-state index is 0.0415. The quantitative estimate of drug-likeness (QED) is 0.877. The molecule has 0 aliphatic heterocycles. The van der Waals surface area contributed by atoms with Crippen LogP contribution in [0.4, 0.5) is 4.39 Å². The molecule has 0 radical (unpaired) electrons. The lowest BCUT2D eigenvalue weighted by Gasteiger charge is -2.05. The molecule has 1 aromatic heterocycles. The molecule has 2 rings (SSSR count). The van der Waals surface area contributed by atoms with Gasteiger partial charge in [0.2, 0.25) is 5.82 Å². The van der Waals surface area contributed by atoms with Crippen molar-refractivity contribution in [2.45, 2.75) is 6.92 Å². The minimum atomic E-state index is -0.875. The van der Waals surface area contributed by atoms with Crippen LogP contribution in [0.1, 0.15) is 5.69 Å². The predicted octanol–water partition coefficient (Wildman–Crippen LogP) is 3.30. The van der Waals surface area contributed by atoms with Gasteiger partial charge >= 0.3 is 0 Å². The first kappa shape index (κ1) is 12.3. The Morgan fingerprint density at radius 2 is 2.18 bits per heavy atom. The number of aromatic amines is 1. The van der Waals surface area contributed by atoms with Crippen molar-refractivity contribution in [3.8, 4) is 11.4 Å². The lowest BCUT2D eigenvalue weighted by atomic mass is 10.2. The van der Waals surface area contributed by atoms with Gasteiger partial charge in [-0.25, -0.2) is 4.98 Å². The number of hydrogen-bond donors (Lipinski definition) is 1. The summed E-state index contributed by atoms with van der Waals surface area (Å²) in [6, 6.07) is 5.14. The Morgan fingerprint density at radius 1 is 1.47 bits per heavy atom. The van der Waals surface area contributed by atoms with Gasteiger partial charge in [-0.2, -0.15) is 4.39 Å². The van der Waals surface area contributed by atoms with Crippen molar-refractivity contribution in [1.82, 2.24) is 9.97 Å². The zero-order valence-corrected chi connectivity index (χ0v) is 11.1. The number of nitrogens with one attached hydrogen (secondary N) is 1. The average Bonchev–Trinajstić information content (AvgIpc) is 2.28. The van der Waals surface area contributed by atoms with Crippen LogP contribution in [-0.4, -0.2) is 9.97 Å². The second-order valence-corrected chi connectivity index (χ2v) is 4.76. The van der Waals surface area contributed by atoms with E-state index in [0.717, 1.165) is 4.47 Å². The van der Waals surface area contributed by atoms with E-state index >= 15 is 0 Å². The van der Waals surface area contributed by atoms with E-state index in [-0.39, 0.29) is 11.5 Å². The Morgan fingerprint density at radius 3 is 2.82 bits per heavy atom.